The van der Waals surface area contributed by atoms with E-state index in [0.29, 0.717) is 6.54 Å². The molecule has 0 radical (unpaired) electrons. The number of nitrogens with zero attached hydrogens (tertiary/aromatic N) is 1. The zero-order valence-electron chi connectivity index (χ0n) is 11.4. The molecule has 2 rings (SSSR count). The molecular formula is C15H20N2O2. The van der Waals surface area contributed by atoms with Gasteiger partial charge >= 0.3 is 0 Å². The summed E-state index contributed by atoms with van der Waals surface area (Å²) in [6, 6.07) is 7.82. The minimum absolute atomic E-state index is 0.0354. The Morgan fingerprint density at radius 2 is 2.32 bits per heavy atom. The highest BCUT2D eigenvalue weighted by Gasteiger charge is 2.22. The van der Waals surface area contributed by atoms with Crippen LogP contribution in [0.2, 0.25) is 0 Å². The van der Waals surface area contributed by atoms with Crippen molar-refractivity contribution in [1.82, 2.24) is 4.90 Å². The van der Waals surface area contributed by atoms with Gasteiger partial charge < -0.3 is 15.4 Å². The summed E-state index contributed by atoms with van der Waals surface area (Å²) >= 11 is 0. The fraction of sp³-hybridized carbons (Fsp3) is 0.400. The highest BCUT2D eigenvalue weighted by Crippen LogP contribution is 2.20. The number of nitrogens with two attached hydrogens (primary N) is 1. The number of rotatable bonds is 3. The van der Waals surface area contributed by atoms with Crippen molar-refractivity contribution >= 4 is 11.5 Å². The molecule has 102 valence electrons. The molecule has 1 aromatic rings. The van der Waals surface area contributed by atoms with E-state index in [1.807, 2.05) is 31.2 Å². The molecule has 4 nitrogen and oxygen atoms in total. The van der Waals surface area contributed by atoms with Crippen LogP contribution in [-0.2, 0) is 4.79 Å². The molecule has 0 aliphatic carbocycles. The zero-order valence-corrected chi connectivity index (χ0v) is 11.4. The van der Waals surface area contributed by atoms with Crippen molar-refractivity contribution in [2.45, 2.75) is 19.4 Å². The summed E-state index contributed by atoms with van der Waals surface area (Å²) in [6.45, 7) is 3.34. The van der Waals surface area contributed by atoms with E-state index in [1.54, 1.807) is 18.1 Å². The van der Waals surface area contributed by atoms with Crippen LogP contribution in [-0.4, -0.2) is 37.0 Å². The first-order valence-corrected chi connectivity index (χ1v) is 6.47. The minimum Gasteiger partial charge on any atom is -0.497 e. The Hall–Kier alpha value is -1.81. The number of hydrogen-bond acceptors (Lipinski definition) is 3. The Labute approximate surface area is 113 Å². The number of hydrogen-bond donors (Lipinski definition) is 1. The van der Waals surface area contributed by atoms with Crippen molar-refractivity contribution in [2.24, 2.45) is 5.73 Å². The van der Waals surface area contributed by atoms with Gasteiger partial charge in [-0.05, 0) is 36.6 Å². The van der Waals surface area contributed by atoms with Crippen molar-refractivity contribution in [3.8, 4) is 5.75 Å². The molecule has 1 fully saturated rings. The van der Waals surface area contributed by atoms with Gasteiger partial charge in [0.15, 0.2) is 0 Å². The van der Waals surface area contributed by atoms with Gasteiger partial charge in [0.05, 0.1) is 7.11 Å². The lowest BCUT2D eigenvalue weighted by Crippen LogP contribution is -2.30. The van der Waals surface area contributed by atoms with Crippen LogP contribution < -0.4 is 10.5 Å². The van der Waals surface area contributed by atoms with Gasteiger partial charge in [0.25, 0.3) is 0 Å². The Morgan fingerprint density at radius 1 is 1.53 bits per heavy atom. The van der Waals surface area contributed by atoms with E-state index in [9.17, 15) is 4.79 Å². The average Bonchev–Trinajstić information content (AvgIpc) is 2.85. The number of carbonyl (C=O) groups is 1. The molecule has 0 spiro atoms. The van der Waals surface area contributed by atoms with Crippen LogP contribution >= 0.6 is 0 Å². The van der Waals surface area contributed by atoms with Crippen molar-refractivity contribution in [1.29, 1.82) is 0 Å². The fourth-order valence-corrected chi connectivity index (χ4v) is 2.22. The maximum atomic E-state index is 12.1. The molecule has 1 saturated heterocycles. The molecular weight excluding hydrogens is 240 g/mol. The van der Waals surface area contributed by atoms with Gasteiger partial charge in [0.2, 0.25) is 5.91 Å². The van der Waals surface area contributed by atoms with E-state index in [4.69, 9.17) is 10.5 Å². The second-order valence-corrected chi connectivity index (χ2v) is 4.89. The lowest BCUT2D eigenvalue weighted by molar-refractivity contribution is -0.125. The first-order chi connectivity index (χ1) is 9.10. The molecule has 19 heavy (non-hydrogen) atoms. The largest absolute Gasteiger partial charge is 0.497 e. The van der Waals surface area contributed by atoms with Crippen LogP contribution in [0.5, 0.6) is 5.75 Å². The molecule has 1 aliphatic rings. The summed E-state index contributed by atoms with van der Waals surface area (Å²) in [5, 5.41) is 0. The lowest BCUT2D eigenvalue weighted by Gasteiger charge is -2.14. The molecule has 2 N–H and O–H groups in total. The van der Waals surface area contributed by atoms with Gasteiger partial charge in [-0.1, -0.05) is 12.1 Å². The topological polar surface area (TPSA) is 55.6 Å². The van der Waals surface area contributed by atoms with E-state index >= 15 is 0 Å². The zero-order chi connectivity index (χ0) is 13.8. The number of amides is 1. The third-order valence-electron chi connectivity index (χ3n) is 3.40. The Kier molecular flexibility index (Phi) is 4.22. The summed E-state index contributed by atoms with van der Waals surface area (Å²) < 4.78 is 5.18. The normalized spacial score (nSPS) is 19.6. The molecule has 1 atom stereocenters. The number of ether oxygens (including phenoxy) is 1. The van der Waals surface area contributed by atoms with Crippen LogP contribution in [0, 0.1) is 0 Å². The summed E-state index contributed by atoms with van der Waals surface area (Å²) in [4.78, 5) is 13.9. The smallest absolute Gasteiger partial charge is 0.246 e. The van der Waals surface area contributed by atoms with E-state index in [1.165, 1.54) is 0 Å². The number of allylic oxidation sites excluding steroid dienone is 1. The molecule has 0 bridgehead atoms. The van der Waals surface area contributed by atoms with Gasteiger partial charge in [-0.15, -0.1) is 0 Å². The number of methoxy groups -OCH3 is 1. The predicted octanol–water partition coefficient (Wildman–Crippen LogP) is 1.66. The third-order valence-corrected chi connectivity index (χ3v) is 3.40. The quantitative estimate of drug-likeness (QED) is 0.841. The van der Waals surface area contributed by atoms with E-state index < -0.39 is 0 Å². The molecule has 0 saturated carbocycles. The van der Waals surface area contributed by atoms with Crippen LogP contribution in [0.3, 0.4) is 0 Å². The molecule has 1 aliphatic heterocycles. The van der Waals surface area contributed by atoms with E-state index in [-0.39, 0.29) is 11.9 Å². The van der Waals surface area contributed by atoms with Gasteiger partial charge in [-0.2, -0.15) is 0 Å². The van der Waals surface area contributed by atoms with Gasteiger partial charge in [0.1, 0.15) is 5.75 Å². The van der Waals surface area contributed by atoms with Crippen LogP contribution in [0.4, 0.5) is 0 Å². The predicted molar refractivity (Wildman–Crippen MR) is 75.8 cm³/mol. The second kappa shape index (κ2) is 5.89. The molecule has 1 unspecified atom stereocenters. The standard InChI is InChI=1S/C15H20N2O2/c1-11(12-4-3-5-14(9-12)19-2)8-15(18)17-7-6-13(16)10-17/h3-5,8-9,13H,6-7,10,16H2,1-2H3/b11-8+. The van der Waals surface area contributed by atoms with Gasteiger partial charge in [-0.25, -0.2) is 0 Å². The van der Waals surface area contributed by atoms with E-state index in [0.717, 1.165) is 29.9 Å². The first kappa shape index (κ1) is 13.6. The van der Waals surface area contributed by atoms with Crippen molar-refractivity contribution < 1.29 is 9.53 Å². The Morgan fingerprint density at radius 3 is 2.95 bits per heavy atom. The Bertz CT molecular complexity index is 497. The maximum Gasteiger partial charge on any atom is 0.246 e. The summed E-state index contributed by atoms with van der Waals surface area (Å²) in [5.74, 6) is 0.828. The fourth-order valence-electron chi connectivity index (χ4n) is 2.22. The number of likely N-dealkylation sites (tertiary alicyclic amines) is 1. The molecule has 4 heteroatoms. The van der Waals surface area contributed by atoms with E-state index in [2.05, 4.69) is 0 Å². The van der Waals surface area contributed by atoms with Crippen LogP contribution in [0.1, 0.15) is 18.9 Å². The second-order valence-electron chi connectivity index (χ2n) is 4.89. The van der Waals surface area contributed by atoms with Crippen LogP contribution in [0.25, 0.3) is 5.57 Å². The molecule has 1 aromatic carbocycles. The first-order valence-electron chi connectivity index (χ1n) is 6.47. The third kappa shape index (κ3) is 3.35. The van der Waals surface area contributed by atoms with Crippen molar-refractivity contribution in [3.63, 3.8) is 0 Å². The highest BCUT2D eigenvalue weighted by atomic mass is 16.5. The molecule has 0 aromatic heterocycles. The summed E-state index contributed by atoms with van der Waals surface area (Å²) in [5.41, 5.74) is 7.74. The average molecular weight is 260 g/mol. The summed E-state index contributed by atoms with van der Waals surface area (Å²) in [7, 11) is 1.63. The number of benzene rings is 1. The van der Waals surface area contributed by atoms with Crippen molar-refractivity contribution in [2.75, 3.05) is 20.2 Å². The lowest BCUT2D eigenvalue weighted by atomic mass is 10.1. The van der Waals surface area contributed by atoms with Crippen LogP contribution in [0.15, 0.2) is 30.3 Å². The monoisotopic (exact) mass is 260 g/mol. The molecule has 1 heterocycles. The van der Waals surface area contributed by atoms with Crippen molar-refractivity contribution in [3.05, 3.63) is 35.9 Å². The minimum atomic E-state index is 0.0354. The SMILES string of the molecule is COc1cccc(/C(C)=C/C(=O)N2CCC(N)C2)c1. The maximum absolute atomic E-state index is 12.1. The number of carbonyl (C=O) groups excluding carboxylic acids is 1. The van der Waals surface area contributed by atoms with Gasteiger partial charge in [-0.3, -0.25) is 4.79 Å². The summed E-state index contributed by atoms with van der Waals surface area (Å²) in [6.07, 6.45) is 2.56. The Balaban J connectivity index is 2.11. The van der Waals surface area contributed by atoms with Gasteiger partial charge in [0, 0.05) is 25.2 Å². The highest BCUT2D eigenvalue weighted by molar-refractivity contribution is 5.95. The molecule has 1 amide bonds.